The molecule has 0 unspecified atom stereocenters. The first-order chi connectivity index (χ1) is 8.97. The number of hydrogen-bond donors (Lipinski definition) is 1. The van der Waals surface area contributed by atoms with Crippen molar-refractivity contribution in [3.8, 4) is 0 Å². The molecule has 0 aliphatic heterocycles. The van der Waals surface area contributed by atoms with E-state index in [1.165, 1.54) is 0 Å². The molecule has 0 atom stereocenters. The number of fused-ring (bicyclic) bond motifs is 1. The summed E-state index contributed by atoms with van der Waals surface area (Å²) in [7, 11) is 0. The van der Waals surface area contributed by atoms with Crippen LogP contribution in [0.3, 0.4) is 0 Å². The number of carbonyl (C=O) groups excluding carboxylic acids is 1. The normalized spacial score (nSPS) is 10.9. The van der Waals surface area contributed by atoms with Gasteiger partial charge in [0.2, 0.25) is 0 Å². The Bertz CT molecular complexity index is 671. The van der Waals surface area contributed by atoms with Gasteiger partial charge in [-0.25, -0.2) is 4.79 Å². The molecule has 0 saturated heterocycles. The predicted molar refractivity (Wildman–Crippen MR) is 74.4 cm³/mol. The number of nitrogens with one attached hydrogen (secondary N) is 1. The van der Waals surface area contributed by atoms with Gasteiger partial charge in [0.25, 0.3) is 5.91 Å². The van der Waals surface area contributed by atoms with E-state index in [-0.39, 0.29) is 11.7 Å². The second-order valence-electron chi connectivity index (χ2n) is 5.09. The maximum absolute atomic E-state index is 11.9. The molecule has 2 aromatic rings. The summed E-state index contributed by atoms with van der Waals surface area (Å²) in [4.78, 5) is 23.7. The average molecular weight is 259 g/mol. The Kier molecular flexibility index (Phi) is 3.69. The lowest BCUT2D eigenvalue weighted by molar-refractivity contribution is 0.0917. The fourth-order valence-electron chi connectivity index (χ4n) is 1.79. The van der Waals surface area contributed by atoms with E-state index in [1.54, 1.807) is 12.1 Å². The molecular formula is C15H17NO3. The van der Waals surface area contributed by atoms with Gasteiger partial charge in [-0.2, -0.15) is 0 Å². The van der Waals surface area contributed by atoms with Crippen LogP contribution in [0.5, 0.6) is 0 Å². The van der Waals surface area contributed by atoms with Gasteiger partial charge in [-0.05, 0) is 30.4 Å². The highest BCUT2D eigenvalue weighted by atomic mass is 16.4. The number of aryl methyl sites for hydroxylation is 1. The smallest absolute Gasteiger partial charge is 0.344 e. The molecule has 100 valence electrons. The number of rotatable bonds is 3. The first kappa shape index (κ1) is 13.3. The van der Waals surface area contributed by atoms with E-state index in [4.69, 9.17) is 4.42 Å². The molecule has 19 heavy (non-hydrogen) atoms. The number of carbonyl (C=O) groups is 1. The van der Waals surface area contributed by atoms with E-state index >= 15 is 0 Å². The molecule has 2 rings (SSSR count). The van der Waals surface area contributed by atoms with E-state index in [0.29, 0.717) is 17.8 Å². The molecule has 1 amide bonds. The van der Waals surface area contributed by atoms with E-state index in [1.807, 2.05) is 32.9 Å². The zero-order valence-electron chi connectivity index (χ0n) is 11.3. The van der Waals surface area contributed by atoms with Crippen molar-refractivity contribution in [2.45, 2.75) is 20.8 Å². The highest BCUT2D eigenvalue weighted by Crippen LogP contribution is 2.14. The van der Waals surface area contributed by atoms with Crippen molar-refractivity contribution in [2.75, 3.05) is 6.54 Å². The quantitative estimate of drug-likeness (QED) is 0.921. The third-order valence-electron chi connectivity index (χ3n) is 2.81. The second kappa shape index (κ2) is 5.26. The summed E-state index contributed by atoms with van der Waals surface area (Å²) in [6.45, 7) is 6.45. The Hall–Kier alpha value is -2.10. The minimum Gasteiger partial charge on any atom is -0.417 e. The van der Waals surface area contributed by atoms with Crippen molar-refractivity contribution >= 4 is 16.7 Å². The molecule has 4 heteroatoms. The van der Waals surface area contributed by atoms with Crippen LogP contribution in [0.2, 0.25) is 0 Å². The monoisotopic (exact) mass is 259 g/mol. The lowest BCUT2D eigenvalue weighted by Crippen LogP contribution is -2.28. The third-order valence-corrected chi connectivity index (χ3v) is 2.81. The van der Waals surface area contributed by atoms with Crippen LogP contribution >= 0.6 is 0 Å². The Labute approximate surface area is 111 Å². The van der Waals surface area contributed by atoms with Gasteiger partial charge < -0.3 is 9.73 Å². The number of amides is 1. The van der Waals surface area contributed by atoms with Crippen LogP contribution in [-0.4, -0.2) is 12.5 Å². The molecule has 1 aromatic carbocycles. The number of hydrogen-bond acceptors (Lipinski definition) is 3. The highest BCUT2D eigenvalue weighted by Gasteiger charge is 2.12. The summed E-state index contributed by atoms with van der Waals surface area (Å²) in [6.07, 6.45) is 0. The molecule has 0 bridgehead atoms. The summed E-state index contributed by atoms with van der Waals surface area (Å²) in [5.74, 6) is 0.0501. The predicted octanol–water partition coefficient (Wildman–Crippen LogP) is 2.49. The van der Waals surface area contributed by atoms with Gasteiger partial charge in [0.1, 0.15) is 0 Å². The van der Waals surface area contributed by atoms with Gasteiger partial charge in [0, 0.05) is 6.54 Å². The second-order valence-corrected chi connectivity index (χ2v) is 5.09. The molecule has 1 aromatic heterocycles. The highest BCUT2D eigenvalue weighted by molar-refractivity contribution is 5.95. The minimum atomic E-state index is -0.476. The van der Waals surface area contributed by atoms with Crippen LogP contribution in [0.25, 0.3) is 10.8 Å². The molecule has 0 fully saturated rings. The topological polar surface area (TPSA) is 59.3 Å². The summed E-state index contributed by atoms with van der Waals surface area (Å²) in [5.41, 5.74) is 0.507. The SMILES string of the molecule is Cc1ccc2cc(C(=O)NCC(C)C)oc(=O)c2c1. The Morgan fingerprint density at radius 3 is 2.74 bits per heavy atom. The van der Waals surface area contributed by atoms with Crippen molar-refractivity contribution in [2.24, 2.45) is 5.92 Å². The zero-order valence-corrected chi connectivity index (χ0v) is 11.3. The minimum absolute atomic E-state index is 0.0574. The average Bonchev–Trinajstić information content (AvgIpc) is 2.36. The van der Waals surface area contributed by atoms with Crippen molar-refractivity contribution < 1.29 is 9.21 Å². The zero-order chi connectivity index (χ0) is 14.0. The molecule has 4 nitrogen and oxygen atoms in total. The molecule has 0 saturated carbocycles. The van der Waals surface area contributed by atoms with Crippen LogP contribution in [0.4, 0.5) is 0 Å². The van der Waals surface area contributed by atoms with Crippen molar-refractivity contribution in [3.63, 3.8) is 0 Å². The molecular weight excluding hydrogens is 242 g/mol. The third kappa shape index (κ3) is 3.02. The van der Waals surface area contributed by atoms with Crippen molar-refractivity contribution in [3.05, 3.63) is 46.0 Å². The Morgan fingerprint density at radius 1 is 1.32 bits per heavy atom. The lowest BCUT2D eigenvalue weighted by Gasteiger charge is -2.07. The Balaban J connectivity index is 2.38. The van der Waals surface area contributed by atoms with Crippen molar-refractivity contribution in [1.82, 2.24) is 5.32 Å². The van der Waals surface area contributed by atoms with Gasteiger partial charge >= 0.3 is 5.63 Å². The van der Waals surface area contributed by atoms with E-state index < -0.39 is 5.63 Å². The maximum Gasteiger partial charge on any atom is 0.344 e. The molecule has 0 aliphatic carbocycles. The molecule has 0 aliphatic rings. The van der Waals surface area contributed by atoms with Gasteiger partial charge in [0.05, 0.1) is 5.39 Å². The number of benzene rings is 1. The van der Waals surface area contributed by atoms with Crippen LogP contribution in [0, 0.1) is 12.8 Å². The van der Waals surface area contributed by atoms with Gasteiger partial charge in [-0.1, -0.05) is 31.5 Å². The first-order valence-corrected chi connectivity index (χ1v) is 6.30. The van der Waals surface area contributed by atoms with Gasteiger partial charge in [-0.3, -0.25) is 4.79 Å². The van der Waals surface area contributed by atoms with Crippen LogP contribution in [0.15, 0.2) is 33.5 Å². The summed E-state index contributed by atoms with van der Waals surface area (Å²) >= 11 is 0. The summed E-state index contributed by atoms with van der Waals surface area (Å²) < 4.78 is 5.07. The van der Waals surface area contributed by atoms with E-state index in [9.17, 15) is 9.59 Å². The van der Waals surface area contributed by atoms with Gasteiger partial charge in [0.15, 0.2) is 5.76 Å². The standard InChI is InChI=1S/C15H17NO3/c1-9(2)8-16-14(17)13-7-11-5-4-10(3)6-12(11)15(18)19-13/h4-7,9H,8H2,1-3H3,(H,16,17). The van der Waals surface area contributed by atoms with Crippen molar-refractivity contribution in [1.29, 1.82) is 0 Å². The van der Waals surface area contributed by atoms with Crippen LogP contribution in [-0.2, 0) is 0 Å². The summed E-state index contributed by atoms with van der Waals surface area (Å²) in [5, 5.41) is 3.95. The fourth-order valence-corrected chi connectivity index (χ4v) is 1.79. The summed E-state index contributed by atoms with van der Waals surface area (Å²) in [6, 6.07) is 7.08. The lowest BCUT2D eigenvalue weighted by atomic mass is 10.1. The fraction of sp³-hybridized carbons (Fsp3) is 0.333. The van der Waals surface area contributed by atoms with E-state index in [2.05, 4.69) is 5.32 Å². The molecule has 1 heterocycles. The molecule has 0 spiro atoms. The molecule has 0 radical (unpaired) electrons. The largest absolute Gasteiger partial charge is 0.417 e. The Morgan fingerprint density at radius 2 is 2.05 bits per heavy atom. The van der Waals surface area contributed by atoms with Crippen LogP contribution in [0.1, 0.15) is 30.0 Å². The van der Waals surface area contributed by atoms with E-state index in [0.717, 1.165) is 10.9 Å². The van der Waals surface area contributed by atoms with Crippen LogP contribution < -0.4 is 10.9 Å². The first-order valence-electron chi connectivity index (χ1n) is 6.30. The molecule has 1 N–H and O–H groups in total. The maximum atomic E-state index is 11.9. The van der Waals surface area contributed by atoms with Gasteiger partial charge in [-0.15, -0.1) is 0 Å².